The lowest BCUT2D eigenvalue weighted by molar-refractivity contribution is -0.142. The number of rotatable bonds is 6. The molecule has 0 fully saturated rings. The van der Waals surface area contributed by atoms with Gasteiger partial charge in [-0.3, -0.25) is 9.59 Å². The van der Waals surface area contributed by atoms with E-state index in [0.29, 0.717) is 10.6 Å². The van der Waals surface area contributed by atoms with Crippen molar-refractivity contribution < 1.29 is 14.3 Å². The fourth-order valence-corrected chi connectivity index (χ4v) is 1.52. The number of carbonyl (C=O) groups is 2. The molecular formula is C14H15ClO3. The summed E-state index contributed by atoms with van der Waals surface area (Å²) in [5.41, 5.74) is 1.41. The Hall–Kier alpha value is -1.61. The zero-order valence-electron chi connectivity index (χ0n) is 10.2. The first-order valence-corrected chi connectivity index (χ1v) is 5.98. The third-order valence-corrected chi connectivity index (χ3v) is 2.82. The number of esters is 1. The minimum atomic E-state index is -0.395. The zero-order chi connectivity index (χ0) is 13.5. The maximum atomic E-state index is 11.8. The summed E-state index contributed by atoms with van der Waals surface area (Å²) in [7, 11) is 0. The van der Waals surface area contributed by atoms with E-state index >= 15 is 0 Å². The van der Waals surface area contributed by atoms with Crippen LogP contribution in [0.1, 0.15) is 28.8 Å². The van der Waals surface area contributed by atoms with Gasteiger partial charge in [-0.05, 0) is 30.7 Å². The van der Waals surface area contributed by atoms with Gasteiger partial charge in [0.25, 0.3) is 0 Å². The van der Waals surface area contributed by atoms with E-state index in [0.717, 1.165) is 5.56 Å². The molecule has 0 bridgehead atoms. The molecule has 0 atom stereocenters. The summed E-state index contributed by atoms with van der Waals surface area (Å²) in [5, 5.41) is 0.622. The Morgan fingerprint density at radius 3 is 2.72 bits per heavy atom. The van der Waals surface area contributed by atoms with Crippen LogP contribution < -0.4 is 0 Å². The molecule has 0 unspecified atom stereocenters. The fourth-order valence-electron chi connectivity index (χ4n) is 1.40. The highest BCUT2D eigenvalue weighted by atomic mass is 35.5. The van der Waals surface area contributed by atoms with Crippen molar-refractivity contribution >= 4 is 23.4 Å². The van der Waals surface area contributed by atoms with Gasteiger partial charge >= 0.3 is 5.97 Å². The van der Waals surface area contributed by atoms with Gasteiger partial charge in [0.2, 0.25) is 0 Å². The highest BCUT2D eigenvalue weighted by molar-refractivity contribution is 6.31. The van der Waals surface area contributed by atoms with Crippen LogP contribution in [-0.4, -0.2) is 18.4 Å². The lowest BCUT2D eigenvalue weighted by Gasteiger charge is -2.04. The molecule has 0 aliphatic carbocycles. The van der Waals surface area contributed by atoms with Crippen LogP contribution in [0.25, 0.3) is 0 Å². The van der Waals surface area contributed by atoms with Crippen LogP contribution in [-0.2, 0) is 9.53 Å². The smallest absolute Gasteiger partial charge is 0.306 e. The first-order valence-electron chi connectivity index (χ1n) is 5.60. The standard InChI is InChI=1S/C14H15ClO3/c1-3-8-18-14(17)7-6-13(16)11-4-5-12(15)10(2)9-11/h3-5,9H,1,6-8H2,2H3. The Kier molecular flexibility index (Phi) is 5.59. The van der Waals surface area contributed by atoms with Crippen LogP contribution in [0.4, 0.5) is 0 Å². The number of carbonyl (C=O) groups excluding carboxylic acids is 2. The van der Waals surface area contributed by atoms with Gasteiger partial charge in [0.05, 0.1) is 6.42 Å². The first kappa shape index (κ1) is 14.5. The van der Waals surface area contributed by atoms with Gasteiger partial charge in [-0.2, -0.15) is 0 Å². The lowest BCUT2D eigenvalue weighted by atomic mass is 10.0. The van der Waals surface area contributed by atoms with Crippen molar-refractivity contribution in [1.82, 2.24) is 0 Å². The normalized spacial score (nSPS) is 9.89. The van der Waals surface area contributed by atoms with Crippen molar-refractivity contribution in [2.45, 2.75) is 19.8 Å². The Balaban J connectivity index is 2.52. The second-order valence-electron chi connectivity index (χ2n) is 3.86. The van der Waals surface area contributed by atoms with Crippen molar-refractivity contribution in [2.75, 3.05) is 6.61 Å². The van der Waals surface area contributed by atoms with Crippen LogP contribution in [0.15, 0.2) is 30.9 Å². The van der Waals surface area contributed by atoms with Crippen molar-refractivity contribution in [3.05, 3.63) is 47.0 Å². The quantitative estimate of drug-likeness (QED) is 0.451. The maximum absolute atomic E-state index is 11.8. The molecule has 0 saturated heterocycles. The van der Waals surface area contributed by atoms with E-state index < -0.39 is 5.97 Å². The predicted molar refractivity (Wildman–Crippen MR) is 70.9 cm³/mol. The van der Waals surface area contributed by atoms with Gasteiger partial charge in [0.15, 0.2) is 5.78 Å². The molecule has 0 saturated carbocycles. The molecular weight excluding hydrogens is 252 g/mol. The molecule has 1 aromatic carbocycles. The number of hydrogen-bond donors (Lipinski definition) is 0. The molecule has 0 amide bonds. The largest absolute Gasteiger partial charge is 0.461 e. The SMILES string of the molecule is C=CCOC(=O)CCC(=O)c1ccc(Cl)c(C)c1. The van der Waals surface area contributed by atoms with Gasteiger partial charge in [-0.25, -0.2) is 0 Å². The van der Waals surface area contributed by atoms with Gasteiger partial charge in [0, 0.05) is 17.0 Å². The third kappa shape index (κ3) is 4.34. The third-order valence-electron chi connectivity index (χ3n) is 2.40. The van der Waals surface area contributed by atoms with Gasteiger partial charge in [0.1, 0.15) is 6.61 Å². The van der Waals surface area contributed by atoms with Crippen molar-refractivity contribution in [3.8, 4) is 0 Å². The fraction of sp³-hybridized carbons (Fsp3) is 0.286. The van der Waals surface area contributed by atoms with Crippen molar-refractivity contribution in [1.29, 1.82) is 0 Å². The van der Waals surface area contributed by atoms with E-state index in [1.165, 1.54) is 6.08 Å². The van der Waals surface area contributed by atoms with E-state index in [-0.39, 0.29) is 25.2 Å². The molecule has 0 aromatic heterocycles. The first-order chi connectivity index (χ1) is 8.54. The highest BCUT2D eigenvalue weighted by Crippen LogP contribution is 2.17. The second kappa shape index (κ2) is 6.97. The lowest BCUT2D eigenvalue weighted by Crippen LogP contribution is -2.08. The Bertz CT molecular complexity index is 466. The predicted octanol–water partition coefficient (Wildman–Crippen LogP) is 3.34. The van der Waals surface area contributed by atoms with Crippen LogP contribution in [0.3, 0.4) is 0 Å². The Labute approximate surface area is 111 Å². The number of Topliss-reactive ketones (excluding diaryl/α,β-unsaturated/α-hetero) is 1. The Morgan fingerprint density at radius 1 is 1.39 bits per heavy atom. The van der Waals surface area contributed by atoms with Gasteiger partial charge < -0.3 is 4.74 Å². The van der Waals surface area contributed by atoms with Crippen LogP contribution in [0, 0.1) is 6.92 Å². The summed E-state index contributed by atoms with van der Waals surface area (Å²) in [4.78, 5) is 23.0. The maximum Gasteiger partial charge on any atom is 0.306 e. The molecule has 0 radical (unpaired) electrons. The van der Waals surface area contributed by atoms with E-state index in [1.807, 2.05) is 6.92 Å². The molecule has 3 nitrogen and oxygen atoms in total. The van der Waals surface area contributed by atoms with Crippen molar-refractivity contribution in [3.63, 3.8) is 0 Å². The molecule has 0 N–H and O–H groups in total. The number of halogens is 1. The van der Waals surface area contributed by atoms with E-state index in [9.17, 15) is 9.59 Å². The van der Waals surface area contributed by atoms with E-state index in [1.54, 1.807) is 18.2 Å². The molecule has 4 heteroatoms. The minimum absolute atomic E-state index is 0.0777. The number of hydrogen-bond acceptors (Lipinski definition) is 3. The average Bonchev–Trinajstić information content (AvgIpc) is 2.36. The second-order valence-corrected chi connectivity index (χ2v) is 4.27. The minimum Gasteiger partial charge on any atom is -0.461 e. The van der Waals surface area contributed by atoms with Crippen LogP contribution >= 0.6 is 11.6 Å². The monoisotopic (exact) mass is 266 g/mol. The summed E-state index contributed by atoms with van der Waals surface area (Å²) < 4.78 is 4.79. The van der Waals surface area contributed by atoms with E-state index in [4.69, 9.17) is 16.3 Å². The summed E-state index contributed by atoms with van der Waals surface area (Å²) in [6.45, 7) is 5.44. The molecule has 1 aromatic rings. The number of benzene rings is 1. The molecule has 0 spiro atoms. The molecule has 96 valence electrons. The number of ether oxygens (including phenoxy) is 1. The summed E-state index contributed by atoms with van der Waals surface area (Å²) in [5.74, 6) is -0.487. The number of aryl methyl sites for hydroxylation is 1. The van der Waals surface area contributed by atoms with Gasteiger partial charge in [-0.15, -0.1) is 0 Å². The van der Waals surface area contributed by atoms with Crippen LogP contribution in [0.5, 0.6) is 0 Å². The van der Waals surface area contributed by atoms with Crippen LogP contribution in [0.2, 0.25) is 5.02 Å². The van der Waals surface area contributed by atoms with Crippen molar-refractivity contribution in [2.24, 2.45) is 0 Å². The summed E-state index contributed by atoms with van der Waals surface area (Å²) in [6, 6.07) is 5.06. The number of ketones is 1. The van der Waals surface area contributed by atoms with Gasteiger partial charge in [-0.1, -0.05) is 24.3 Å². The molecule has 18 heavy (non-hydrogen) atoms. The topological polar surface area (TPSA) is 43.4 Å². The molecule has 0 aliphatic rings. The molecule has 0 aliphatic heterocycles. The zero-order valence-corrected chi connectivity index (χ0v) is 11.0. The van der Waals surface area contributed by atoms with E-state index in [2.05, 4.69) is 6.58 Å². The molecule has 0 heterocycles. The molecule has 1 rings (SSSR count). The highest BCUT2D eigenvalue weighted by Gasteiger charge is 2.10. The summed E-state index contributed by atoms with van der Waals surface area (Å²) in [6.07, 6.45) is 1.70. The summed E-state index contributed by atoms with van der Waals surface area (Å²) >= 11 is 5.88. The average molecular weight is 267 g/mol. The Morgan fingerprint density at radius 2 is 2.11 bits per heavy atom.